The molecule has 1 fully saturated rings. The van der Waals surface area contributed by atoms with Gasteiger partial charge >= 0.3 is 12.4 Å². The summed E-state index contributed by atoms with van der Waals surface area (Å²) in [5.41, 5.74) is -5.14. The molecule has 1 heterocycles. The SMILES string of the molecule is NS(=O)(=O)c1cc(C(F)(F)F)cc(C(F)(F)F)c1C(=O)C1CCNCC1. The molecule has 26 heavy (non-hydrogen) atoms. The van der Waals surface area contributed by atoms with Crippen LogP contribution in [0.3, 0.4) is 0 Å². The van der Waals surface area contributed by atoms with Gasteiger partial charge in [0.2, 0.25) is 10.0 Å². The zero-order valence-corrected chi connectivity index (χ0v) is 13.9. The highest BCUT2D eigenvalue weighted by molar-refractivity contribution is 7.89. The van der Waals surface area contributed by atoms with Crippen molar-refractivity contribution in [1.82, 2.24) is 5.32 Å². The average Bonchev–Trinajstić information content (AvgIpc) is 2.51. The fourth-order valence-corrected chi connectivity index (χ4v) is 3.56. The van der Waals surface area contributed by atoms with E-state index in [0.29, 0.717) is 13.1 Å². The maximum Gasteiger partial charge on any atom is 0.417 e. The summed E-state index contributed by atoms with van der Waals surface area (Å²) in [7, 11) is -5.02. The summed E-state index contributed by atoms with van der Waals surface area (Å²) in [6, 6.07) is -0.290. The van der Waals surface area contributed by atoms with Gasteiger partial charge in [-0.25, -0.2) is 13.6 Å². The second-order valence-electron chi connectivity index (χ2n) is 5.83. The number of carbonyl (C=O) groups excluding carboxylic acids is 1. The van der Waals surface area contributed by atoms with Crippen molar-refractivity contribution in [1.29, 1.82) is 0 Å². The molecule has 1 aliphatic rings. The molecule has 0 unspecified atom stereocenters. The highest BCUT2D eigenvalue weighted by Crippen LogP contribution is 2.41. The van der Waals surface area contributed by atoms with Crippen LogP contribution in [0.4, 0.5) is 26.3 Å². The molecule has 0 aliphatic carbocycles. The third-order valence-electron chi connectivity index (χ3n) is 4.00. The van der Waals surface area contributed by atoms with Crippen LogP contribution in [0.15, 0.2) is 17.0 Å². The molecule has 146 valence electrons. The Morgan fingerprint density at radius 2 is 1.58 bits per heavy atom. The Morgan fingerprint density at radius 3 is 2.00 bits per heavy atom. The highest BCUT2D eigenvalue weighted by Gasteiger charge is 2.43. The van der Waals surface area contributed by atoms with Crippen LogP contribution in [-0.4, -0.2) is 27.3 Å². The smallest absolute Gasteiger partial charge is 0.317 e. The van der Waals surface area contributed by atoms with Gasteiger partial charge in [-0.2, -0.15) is 26.3 Å². The van der Waals surface area contributed by atoms with Crippen molar-refractivity contribution in [3.63, 3.8) is 0 Å². The number of hydrogen-bond acceptors (Lipinski definition) is 4. The molecule has 5 nitrogen and oxygen atoms in total. The predicted octanol–water partition coefficient (Wildman–Crippen LogP) is 2.55. The van der Waals surface area contributed by atoms with E-state index in [4.69, 9.17) is 5.14 Å². The van der Waals surface area contributed by atoms with Gasteiger partial charge in [0, 0.05) is 5.92 Å². The number of Topliss-reactive ketones (excluding diaryl/α,β-unsaturated/α-hetero) is 1. The summed E-state index contributed by atoms with van der Waals surface area (Å²) < 4.78 is 102. The minimum absolute atomic E-state index is 0.0289. The molecular weight excluding hydrogens is 390 g/mol. The van der Waals surface area contributed by atoms with Crippen LogP contribution in [0, 0.1) is 5.92 Å². The Kier molecular flexibility index (Phi) is 5.41. The van der Waals surface area contributed by atoms with E-state index in [2.05, 4.69) is 5.32 Å². The van der Waals surface area contributed by atoms with E-state index in [1.165, 1.54) is 0 Å². The summed E-state index contributed by atoms with van der Waals surface area (Å²) in [5, 5.41) is 7.70. The lowest BCUT2D eigenvalue weighted by Gasteiger charge is -2.24. The molecule has 1 aliphatic heterocycles. The van der Waals surface area contributed by atoms with Crippen molar-refractivity contribution in [3.8, 4) is 0 Å². The number of halogens is 6. The molecule has 1 saturated heterocycles. The summed E-state index contributed by atoms with van der Waals surface area (Å²) >= 11 is 0. The van der Waals surface area contributed by atoms with Crippen molar-refractivity contribution in [2.45, 2.75) is 30.1 Å². The number of hydrogen-bond donors (Lipinski definition) is 2. The van der Waals surface area contributed by atoms with Crippen molar-refractivity contribution >= 4 is 15.8 Å². The molecule has 0 spiro atoms. The van der Waals surface area contributed by atoms with Gasteiger partial charge in [-0.05, 0) is 38.1 Å². The quantitative estimate of drug-likeness (QED) is 0.599. The number of primary sulfonamides is 1. The van der Waals surface area contributed by atoms with Gasteiger partial charge in [0.25, 0.3) is 0 Å². The van der Waals surface area contributed by atoms with Gasteiger partial charge < -0.3 is 5.32 Å². The largest absolute Gasteiger partial charge is 0.417 e. The molecule has 1 aromatic carbocycles. The number of carbonyl (C=O) groups is 1. The maximum atomic E-state index is 13.3. The van der Waals surface area contributed by atoms with Crippen LogP contribution in [0.5, 0.6) is 0 Å². The first kappa shape index (κ1) is 20.6. The lowest BCUT2D eigenvalue weighted by molar-refractivity contribution is -0.143. The monoisotopic (exact) mass is 404 g/mol. The van der Waals surface area contributed by atoms with Crippen molar-refractivity contribution < 1.29 is 39.6 Å². The van der Waals surface area contributed by atoms with Gasteiger partial charge in [-0.1, -0.05) is 0 Å². The zero-order chi connectivity index (χ0) is 19.9. The van der Waals surface area contributed by atoms with Gasteiger partial charge in [-0.15, -0.1) is 0 Å². The fraction of sp³-hybridized carbons (Fsp3) is 0.500. The third kappa shape index (κ3) is 4.35. The predicted molar refractivity (Wildman–Crippen MR) is 77.7 cm³/mol. The van der Waals surface area contributed by atoms with Crippen molar-refractivity contribution in [2.75, 3.05) is 13.1 Å². The Balaban J connectivity index is 2.80. The molecule has 0 atom stereocenters. The van der Waals surface area contributed by atoms with Crippen LogP contribution in [0.2, 0.25) is 0 Å². The Bertz CT molecular complexity index is 811. The molecule has 3 N–H and O–H groups in total. The lowest BCUT2D eigenvalue weighted by Crippen LogP contribution is -2.34. The number of rotatable bonds is 3. The highest BCUT2D eigenvalue weighted by atomic mass is 32.2. The Morgan fingerprint density at radius 1 is 1.04 bits per heavy atom. The first-order valence-electron chi connectivity index (χ1n) is 7.33. The minimum atomic E-state index is -5.38. The summed E-state index contributed by atoms with van der Waals surface area (Å²) in [5.74, 6) is -2.13. The number of alkyl halides is 6. The van der Waals surface area contributed by atoms with E-state index in [1.54, 1.807) is 0 Å². The molecule has 0 aromatic heterocycles. The van der Waals surface area contributed by atoms with E-state index in [0.717, 1.165) is 0 Å². The molecule has 1 aromatic rings. The lowest BCUT2D eigenvalue weighted by atomic mass is 9.87. The number of ketones is 1. The molecule has 0 radical (unpaired) electrons. The molecule has 0 amide bonds. The van der Waals surface area contributed by atoms with Gasteiger partial charge in [0.15, 0.2) is 5.78 Å². The number of nitrogens with one attached hydrogen (secondary N) is 1. The Labute approximate surface area is 144 Å². The molecular formula is C14H14F6N2O3S. The maximum absolute atomic E-state index is 13.3. The number of sulfonamides is 1. The number of piperidine rings is 1. The third-order valence-corrected chi connectivity index (χ3v) is 4.93. The van der Waals surface area contributed by atoms with Crippen molar-refractivity contribution in [3.05, 3.63) is 28.8 Å². The molecule has 12 heteroatoms. The van der Waals surface area contributed by atoms with Gasteiger partial charge in [0.05, 0.1) is 21.6 Å². The molecule has 2 rings (SSSR count). The fourth-order valence-electron chi connectivity index (χ4n) is 2.77. The van der Waals surface area contributed by atoms with Gasteiger partial charge in [0.1, 0.15) is 0 Å². The van der Waals surface area contributed by atoms with Crippen LogP contribution in [0.1, 0.15) is 34.3 Å². The van der Waals surface area contributed by atoms with E-state index < -0.39 is 55.7 Å². The summed E-state index contributed by atoms with van der Waals surface area (Å²) in [6.07, 6.45) is -10.4. The summed E-state index contributed by atoms with van der Waals surface area (Å²) in [6.45, 7) is 0.617. The molecule has 0 saturated carbocycles. The van der Waals surface area contributed by atoms with Crippen LogP contribution in [-0.2, 0) is 22.4 Å². The second-order valence-corrected chi connectivity index (χ2v) is 7.36. The topological polar surface area (TPSA) is 89.3 Å². The van der Waals surface area contributed by atoms with E-state index in [9.17, 15) is 39.6 Å². The van der Waals surface area contributed by atoms with Crippen LogP contribution in [0.25, 0.3) is 0 Å². The first-order valence-corrected chi connectivity index (χ1v) is 8.87. The normalized spacial score (nSPS) is 17.3. The summed E-state index contributed by atoms with van der Waals surface area (Å²) in [4.78, 5) is 11.1. The van der Waals surface area contributed by atoms with Gasteiger partial charge in [-0.3, -0.25) is 4.79 Å². The van der Waals surface area contributed by atoms with E-state index in [1.807, 2.05) is 0 Å². The first-order chi connectivity index (χ1) is 11.7. The van der Waals surface area contributed by atoms with E-state index in [-0.39, 0.29) is 25.0 Å². The second kappa shape index (κ2) is 6.82. The number of nitrogens with two attached hydrogens (primary N) is 1. The number of benzene rings is 1. The standard InChI is InChI=1S/C14H14F6N2O3S/c15-13(16,17)8-5-9(14(18,19)20)11(10(6-8)26(21,24)25)12(23)7-1-3-22-4-2-7/h5-7,22H,1-4H2,(H2,21,24,25). The van der Waals surface area contributed by atoms with Crippen molar-refractivity contribution in [2.24, 2.45) is 11.1 Å². The van der Waals surface area contributed by atoms with Crippen LogP contribution < -0.4 is 10.5 Å². The van der Waals surface area contributed by atoms with Crippen LogP contribution >= 0.6 is 0 Å². The molecule has 0 bridgehead atoms. The van der Waals surface area contributed by atoms with E-state index >= 15 is 0 Å². The average molecular weight is 404 g/mol. The Hall–Kier alpha value is -1.66. The zero-order valence-electron chi connectivity index (χ0n) is 13.0. The minimum Gasteiger partial charge on any atom is -0.317 e.